The fourth-order valence-electron chi connectivity index (χ4n) is 3.02. The molecule has 4 rings (SSSR count). The summed E-state index contributed by atoms with van der Waals surface area (Å²) >= 11 is 0. The van der Waals surface area contributed by atoms with E-state index in [4.69, 9.17) is 23.7 Å². The van der Waals surface area contributed by atoms with E-state index in [1.54, 1.807) is 31.3 Å². The number of hydrogen-bond acceptors (Lipinski definition) is 7. The third-order valence-electron chi connectivity index (χ3n) is 4.60. The molecule has 0 radical (unpaired) electrons. The summed E-state index contributed by atoms with van der Waals surface area (Å²) in [5.74, 6) is 1.74. The molecule has 2 aliphatic rings. The van der Waals surface area contributed by atoms with Crippen molar-refractivity contribution in [1.82, 2.24) is 4.90 Å². The fourth-order valence-corrected chi connectivity index (χ4v) is 3.02. The average Bonchev–Trinajstić information content (AvgIpc) is 3.23. The Balaban J connectivity index is 1.26. The molecule has 0 N–H and O–H groups in total. The van der Waals surface area contributed by atoms with Gasteiger partial charge in [0.1, 0.15) is 13.2 Å². The van der Waals surface area contributed by atoms with Crippen molar-refractivity contribution >= 4 is 18.0 Å². The summed E-state index contributed by atoms with van der Waals surface area (Å²) in [6.45, 7) is 1.23. The normalized spacial score (nSPS) is 13.9. The zero-order valence-electron chi connectivity index (χ0n) is 16.5. The number of carbonyl (C=O) groups is 2. The molecule has 0 saturated heterocycles. The van der Waals surface area contributed by atoms with Crippen molar-refractivity contribution in [1.29, 1.82) is 0 Å². The molecule has 0 unspecified atom stereocenters. The molecule has 0 fully saturated rings. The molecule has 0 aromatic heterocycles. The second-order valence-electron chi connectivity index (χ2n) is 6.78. The van der Waals surface area contributed by atoms with Crippen molar-refractivity contribution in [2.45, 2.75) is 6.54 Å². The molecule has 1 amide bonds. The van der Waals surface area contributed by atoms with Gasteiger partial charge in [0.05, 0.1) is 0 Å². The number of nitrogens with zero attached hydrogens (tertiary/aromatic N) is 1. The summed E-state index contributed by atoms with van der Waals surface area (Å²) in [4.78, 5) is 25.7. The van der Waals surface area contributed by atoms with Gasteiger partial charge >= 0.3 is 5.97 Å². The van der Waals surface area contributed by atoms with Gasteiger partial charge in [-0.3, -0.25) is 4.79 Å². The maximum absolute atomic E-state index is 12.3. The number of hydrogen-bond donors (Lipinski definition) is 0. The highest BCUT2D eigenvalue weighted by atomic mass is 16.7. The van der Waals surface area contributed by atoms with Gasteiger partial charge in [-0.1, -0.05) is 12.1 Å². The highest BCUT2D eigenvalue weighted by Crippen LogP contribution is 2.33. The third kappa shape index (κ3) is 4.65. The Hall–Kier alpha value is -3.68. The van der Waals surface area contributed by atoms with E-state index < -0.39 is 5.97 Å². The van der Waals surface area contributed by atoms with Crippen LogP contribution in [-0.4, -0.2) is 50.4 Å². The van der Waals surface area contributed by atoms with Gasteiger partial charge in [0.2, 0.25) is 6.79 Å². The Morgan fingerprint density at radius 2 is 1.67 bits per heavy atom. The molecular formula is C22H21NO7. The standard InChI is InChI=1S/C22H21NO7/c1-23(12-16-3-6-17-19(11-16)27-9-8-26-17)21(24)13-28-22(25)7-4-15-2-5-18-20(10-15)30-14-29-18/h2-7,10-11H,8-9,12-14H2,1H3/b7-4+. The van der Waals surface area contributed by atoms with E-state index in [-0.39, 0.29) is 19.3 Å². The van der Waals surface area contributed by atoms with E-state index in [0.29, 0.717) is 42.8 Å². The molecule has 156 valence electrons. The van der Waals surface area contributed by atoms with Gasteiger partial charge in [0, 0.05) is 19.7 Å². The number of ether oxygens (including phenoxy) is 5. The van der Waals surface area contributed by atoms with Crippen LogP contribution in [0.4, 0.5) is 0 Å². The van der Waals surface area contributed by atoms with E-state index in [9.17, 15) is 9.59 Å². The van der Waals surface area contributed by atoms with Crippen LogP contribution in [0.15, 0.2) is 42.5 Å². The first-order valence-corrected chi connectivity index (χ1v) is 9.45. The van der Waals surface area contributed by atoms with Crippen LogP contribution >= 0.6 is 0 Å². The first-order valence-electron chi connectivity index (χ1n) is 9.45. The Morgan fingerprint density at radius 1 is 0.967 bits per heavy atom. The Bertz CT molecular complexity index is 985. The predicted octanol–water partition coefficient (Wildman–Crippen LogP) is 2.40. The molecule has 8 heteroatoms. The zero-order chi connectivity index (χ0) is 20.9. The zero-order valence-corrected chi connectivity index (χ0v) is 16.5. The summed E-state index contributed by atoms with van der Waals surface area (Å²) in [6.07, 6.45) is 2.86. The fraction of sp³-hybridized carbons (Fsp3) is 0.273. The lowest BCUT2D eigenvalue weighted by atomic mass is 10.2. The van der Waals surface area contributed by atoms with Crippen molar-refractivity contribution in [3.8, 4) is 23.0 Å². The van der Waals surface area contributed by atoms with Crippen LogP contribution in [-0.2, 0) is 20.9 Å². The lowest BCUT2D eigenvalue weighted by Crippen LogP contribution is -2.30. The van der Waals surface area contributed by atoms with Gasteiger partial charge in [-0.05, 0) is 41.5 Å². The van der Waals surface area contributed by atoms with Crippen molar-refractivity contribution in [3.05, 3.63) is 53.6 Å². The number of rotatable bonds is 6. The summed E-state index contributed by atoms with van der Waals surface area (Å²) in [7, 11) is 1.65. The maximum Gasteiger partial charge on any atom is 0.331 e. The summed E-state index contributed by atoms with van der Waals surface area (Å²) in [5, 5.41) is 0. The largest absolute Gasteiger partial charge is 0.486 e. The molecule has 2 aliphatic heterocycles. The highest BCUT2D eigenvalue weighted by molar-refractivity contribution is 5.89. The molecule has 0 aliphatic carbocycles. The van der Waals surface area contributed by atoms with Gasteiger partial charge in [-0.25, -0.2) is 4.79 Å². The molecule has 2 aromatic carbocycles. The molecule has 0 saturated carbocycles. The molecule has 2 heterocycles. The molecule has 8 nitrogen and oxygen atoms in total. The molecule has 2 aromatic rings. The molecule has 0 spiro atoms. The van der Waals surface area contributed by atoms with Crippen LogP contribution < -0.4 is 18.9 Å². The van der Waals surface area contributed by atoms with E-state index in [1.807, 2.05) is 18.2 Å². The number of carbonyl (C=O) groups excluding carboxylic acids is 2. The maximum atomic E-state index is 12.3. The average molecular weight is 411 g/mol. The second-order valence-corrected chi connectivity index (χ2v) is 6.78. The first-order chi connectivity index (χ1) is 14.6. The van der Waals surface area contributed by atoms with Gasteiger partial charge in [-0.2, -0.15) is 0 Å². The molecular weight excluding hydrogens is 390 g/mol. The number of esters is 1. The van der Waals surface area contributed by atoms with Crippen molar-refractivity contribution in [2.75, 3.05) is 33.7 Å². The first kappa shape index (κ1) is 19.6. The van der Waals surface area contributed by atoms with Crippen molar-refractivity contribution in [2.24, 2.45) is 0 Å². The minimum Gasteiger partial charge on any atom is -0.486 e. The lowest BCUT2D eigenvalue weighted by Gasteiger charge is -2.21. The number of amides is 1. The van der Waals surface area contributed by atoms with Crippen LogP contribution in [0.25, 0.3) is 6.08 Å². The Morgan fingerprint density at radius 3 is 2.53 bits per heavy atom. The monoisotopic (exact) mass is 411 g/mol. The van der Waals surface area contributed by atoms with Crippen molar-refractivity contribution < 1.29 is 33.3 Å². The second kappa shape index (κ2) is 8.77. The number of fused-ring (bicyclic) bond motifs is 2. The molecule has 0 atom stereocenters. The van der Waals surface area contributed by atoms with Gasteiger partial charge in [-0.15, -0.1) is 0 Å². The number of benzene rings is 2. The summed E-state index contributed by atoms with van der Waals surface area (Å²) in [6, 6.07) is 10.9. The van der Waals surface area contributed by atoms with E-state index >= 15 is 0 Å². The summed E-state index contributed by atoms with van der Waals surface area (Å²) in [5.41, 5.74) is 1.65. The molecule has 0 bridgehead atoms. The van der Waals surface area contributed by atoms with Crippen LogP contribution in [0.5, 0.6) is 23.0 Å². The van der Waals surface area contributed by atoms with Crippen LogP contribution in [0.2, 0.25) is 0 Å². The Labute approximate surface area is 173 Å². The minimum absolute atomic E-state index is 0.187. The number of likely N-dealkylation sites (N-methyl/N-ethyl adjacent to an activating group) is 1. The molecule has 30 heavy (non-hydrogen) atoms. The third-order valence-corrected chi connectivity index (χ3v) is 4.60. The van der Waals surface area contributed by atoms with Crippen LogP contribution in [0.3, 0.4) is 0 Å². The van der Waals surface area contributed by atoms with Crippen molar-refractivity contribution in [3.63, 3.8) is 0 Å². The smallest absolute Gasteiger partial charge is 0.331 e. The Kier molecular flexibility index (Phi) is 5.74. The predicted molar refractivity (Wildman–Crippen MR) is 106 cm³/mol. The quantitative estimate of drug-likeness (QED) is 0.533. The van der Waals surface area contributed by atoms with E-state index in [2.05, 4.69) is 0 Å². The van der Waals surface area contributed by atoms with Gasteiger partial charge in [0.25, 0.3) is 5.91 Å². The van der Waals surface area contributed by atoms with Gasteiger partial charge < -0.3 is 28.6 Å². The van der Waals surface area contributed by atoms with Crippen LogP contribution in [0, 0.1) is 0 Å². The van der Waals surface area contributed by atoms with Gasteiger partial charge in [0.15, 0.2) is 29.6 Å². The lowest BCUT2D eigenvalue weighted by molar-refractivity contribution is -0.147. The van der Waals surface area contributed by atoms with Crippen LogP contribution in [0.1, 0.15) is 11.1 Å². The topological polar surface area (TPSA) is 83.5 Å². The van der Waals surface area contributed by atoms with E-state index in [0.717, 1.165) is 11.1 Å². The SMILES string of the molecule is CN(Cc1ccc2c(c1)OCCO2)C(=O)COC(=O)/C=C/c1ccc2c(c1)OCO2. The van der Waals surface area contributed by atoms with E-state index in [1.165, 1.54) is 11.0 Å². The minimum atomic E-state index is -0.603. The highest BCUT2D eigenvalue weighted by Gasteiger charge is 2.16. The summed E-state index contributed by atoms with van der Waals surface area (Å²) < 4.78 is 26.6.